The van der Waals surface area contributed by atoms with Crippen LogP contribution in [0.5, 0.6) is 5.75 Å². The van der Waals surface area contributed by atoms with E-state index in [-0.39, 0.29) is 11.8 Å². The summed E-state index contributed by atoms with van der Waals surface area (Å²) in [6.45, 7) is 0.139. The molecule has 0 amide bonds. The van der Waals surface area contributed by atoms with E-state index in [2.05, 4.69) is 20.2 Å². The van der Waals surface area contributed by atoms with Gasteiger partial charge in [0, 0.05) is 17.6 Å². The lowest BCUT2D eigenvalue weighted by Gasteiger charge is -2.06. The smallest absolute Gasteiger partial charge is 0.202 e. The molecule has 0 atom stereocenters. The Hall–Kier alpha value is -3.52. The molecule has 0 N–H and O–H groups in total. The number of aromatic nitrogens is 6. The lowest BCUT2D eigenvalue weighted by atomic mass is 10.2. The molecule has 0 aliphatic carbocycles. The van der Waals surface area contributed by atoms with Crippen LogP contribution in [-0.4, -0.2) is 29.4 Å². The van der Waals surface area contributed by atoms with Crippen LogP contribution in [0.4, 0.5) is 4.39 Å². The van der Waals surface area contributed by atoms with Crippen LogP contribution in [0.15, 0.2) is 61.1 Å². The van der Waals surface area contributed by atoms with E-state index < -0.39 is 5.82 Å². The number of rotatable bonds is 4. The zero-order chi connectivity index (χ0) is 19.1. The van der Waals surface area contributed by atoms with E-state index in [1.54, 1.807) is 27.8 Å². The maximum Gasteiger partial charge on any atom is 0.202 e. The maximum absolute atomic E-state index is 13.2. The molecular weight excluding hydrogens is 383 g/mol. The molecule has 3 aromatic heterocycles. The maximum atomic E-state index is 13.2. The topological polar surface area (TPSA) is 70.1 Å². The SMILES string of the molecule is Fc1ccc(OCn2ccc(-c3nc4c5ccccc5ncn4n3)n2)cc1Cl. The summed E-state index contributed by atoms with van der Waals surface area (Å²) in [6, 6.07) is 13.7. The number of para-hydroxylation sites is 1. The first-order valence-electron chi connectivity index (χ1n) is 8.39. The fourth-order valence-electron chi connectivity index (χ4n) is 2.85. The van der Waals surface area contributed by atoms with Gasteiger partial charge in [0.05, 0.1) is 10.5 Å². The predicted molar refractivity (Wildman–Crippen MR) is 102 cm³/mol. The van der Waals surface area contributed by atoms with Gasteiger partial charge in [-0.25, -0.2) is 23.6 Å². The molecule has 0 saturated heterocycles. The Bertz CT molecular complexity index is 1310. The summed E-state index contributed by atoms with van der Waals surface area (Å²) < 4.78 is 22.0. The van der Waals surface area contributed by atoms with E-state index >= 15 is 0 Å². The van der Waals surface area contributed by atoms with Gasteiger partial charge in [-0.05, 0) is 30.3 Å². The first-order chi connectivity index (χ1) is 13.7. The van der Waals surface area contributed by atoms with E-state index in [1.165, 1.54) is 18.2 Å². The molecule has 0 fully saturated rings. The Balaban J connectivity index is 1.41. The number of nitrogens with zero attached hydrogens (tertiary/aromatic N) is 6. The second kappa shape index (κ2) is 6.58. The minimum atomic E-state index is -0.490. The molecule has 3 heterocycles. The molecule has 28 heavy (non-hydrogen) atoms. The molecule has 5 aromatic rings. The van der Waals surface area contributed by atoms with Gasteiger partial charge in [-0.1, -0.05) is 23.7 Å². The van der Waals surface area contributed by atoms with Crippen molar-refractivity contribution in [2.45, 2.75) is 6.73 Å². The van der Waals surface area contributed by atoms with Crippen molar-refractivity contribution in [2.75, 3.05) is 0 Å². The normalized spacial score (nSPS) is 11.4. The van der Waals surface area contributed by atoms with Crippen LogP contribution < -0.4 is 4.74 Å². The van der Waals surface area contributed by atoms with E-state index in [4.69, 9.17) is 16.3 Å². The van der Waals surface area contributed by atoms with Crippen molar-refractivity contribution in [1.29, 1.82) is 0 Å². The predicted octanol–water partition coefficient (Wildman–Crippen LogP) is 3.97. The van der Waals surface area contributed by atoms with Gasteiger partial charge in [-0.2, -0.15) is 5.10 Å². The minimum absolute atomic E-state index is 0.00777. The molecule has 9 heteroatoms. The number of halogens is 2. The van der Waals surface area contributed by atoms with Gasteiger partial charge in [-0.15, -0.1) is 5.10 Å². The molecule has 0 radical (unpaired) electrons. The van der Waals surface area contributed by atoms with E-state index in [9.17, 15) is 4.39 Å². The average molecular weight is 395 g/mol. The number of hydrogen-bond donors (Lipinski definition) is 0. The molecule has 0 aliphatic heterocycles. The van der Waals surface area contributed by atoms with Crippen molar-refractivity contribution in [3.05, 3.63) is 71.9 Å². The first kappa shape index (κ1) is 16.6. The quantitative estimate of drug-likeness (QED) is 0.461. The molecule has 5 rings (SSSR count). The molecule has 0 saturated carbocycles. The lowest BCUT2D eigenvalue weighted by molar-refractivity contribution is 0.221. The van der Waals surface area contributed by atoms with Gasteiger partial charge in [-0.3, -0.25) is 0 Å². The van der Waals surface area contributed by atoms with Crippen LogP contribution in [0.1, 0.15) is 0 Å². The summed E-state index contributed by atoms with van der Waals surface area (Å²) in [5.74, 6) is 0.448. The zero-order valence-electron chi connectivity index (χ0n) is 14.3. The van der Waals surface area contributed by atoms with E-state index in [0.717, 1.165) is 10.9 Å². The van der Waals surface area contributed by atoms with Gasteiger partial charge < -0.3 is 4.74 Å². The lowest BCUT2D eigenvalue weighted by Crippen LogP contribution is -2.06. The summed E-state index contributed by atoms with van der Waals surface area (Å²) >= 11 is 5.76. The van der Waals surface area contributed by atoms with Crippen molar-refractivity contribution in [3.8, 4) is 17.3 Å². The standard InChI is InChI=1S/C19H12ClFN6O/c20-14-9-12(5-6-15(14)21)28-11-26-8-7-17(24-26)18-23-19-13-3-1-2-4-16(13)22-10-27(19)25-18/h1-10H,11H2. The molecule has 7 nitrogen and oxygen atoms in total. The molecule has 0 bridgehead atoms. The number of ether oxygens (including phenoxy) is 1. The Labute approximate surface area is 163 Å². The molecule has 0 unspecified atom stereocenters. The Morgan fingerprint density at radius 2 is 1.96 bits per heavy atom. The highest BCUT2D eigenvalue weighted by Gasteiger charge is 2.12. The van der Waals surface area contributed by atoms with Crippen molar-refractivity contribution in [3.63, 3.8) is 0 Å². The Kier molecular flexibility index (Phi) is 3.91. The fraction of sp³-hybridized carbons (Fsp3) is 0.0526. The zero-order valence-corrected chi connectivity index (χ0v) is 15.1. The highest BCUT2D eigenvalue weighted by molar-refractivity contribution is 6.30. The highest BCUT2D eigenvalue weighted by Crippen LogP contribution is 2.22. The van der Waals surface area contributed by atoms with E-state index in [1.807, 2.05) is 24.3 Å². The number of hydrogen-bond acceptors (Lipinski definition) is 5. The van der Waals surface area contributed by atoms with Gasteiger partial charge in [0.25, 0.3) is 0 Å². The van der Waals surface area contributed by atoms with E-state index in [0.29, 0.717) is 22.9 Å². The second-order valence-corrected chi connectivity index (χ2v) is 6.46. The van der Waals surface area contributed by atoms with Crippen LogP contribution >= 0.6 is 11.6 Å². The molecule has 2 aromatic carbocycles. The van der Waals surface area contributed by atoms with Crippen LogP contribution in [0.25, 0.3) is 28.1 Å². The van der Waals surface area contributed by atoms with Crippen LogP contribution in [0.3, 0.4) is 0 Å². The summed E-state index contributed by atoms with van der Waals surface area (Å²) in [5, 5.41) is 9.81. The van der Waals surface area contributed by atoms with Gasteiger partial charge in [0.2, 0.25) is 5.82 Å². The molecule has 0 aliphatic rings. The fourth-order valence-corrected chi connectivity index (χ4v) is 3.02. The van der Waals surface area contributed by atoms with Crippen LogP contribution in [-0.2, 0) is 6.73 Å². The monoisotopic (exact) mass is 394 g/mol. The third-order valence-corrected chi connectivity index (χ3v) is 4.50. The van der Waals surface area contributed by atoms with Crippen molar-refractivity contribution in [1.82, 2.24) is 29.4 Å². The summed E-state index contributed by atoms with van der Waals surface area (Å²) in [6.07, 6.45) is 3.38. The van der Waals surface area contributed by atoms with Gasteiger partial charge in [0.15, 0.2) is 12.4 Å². The first-order valence-corrected chi connectivity index (χ1v) is 8.77. The van der Waals surface area contributed by atoms with Crippen molar-refractivity contribution in [2.24, 2.45) is 0 Å². The molecule has 138 valence electrons. The van der Waals surface area contributed by atoms with Crippen molar-refractivity contribution < 1.29 is 9.13 Å². The third kappa shape index (κ3) is 2.93. The minimum Gasteiger partial charge on any atom is -0.471 e. The average Bonchev–Trinajstić information content (AvgIpc) is 3.35. The summed E-state index contributed by atoms with van der Waals surface area (Å²) in [4.78, 5) is 8.98. The third-order valence-electron chi connectivity index (χ3n) is 4.21. The Morgan fingerprint density at radius 1 is 1.07 bits per heavy atom. The molecular formula is C19H12ClFN6O. The summed E-state index contributed by atoms with van der Waals surface area (Å²) in [5.41, 5.74) is 2.17. The number of benzene rings is 2. The van der Waals surface area contributed by atoms with Gasteiger partial charge in [0.1, 0.15) is 23.6 Å². The summed E-state index contributed by atoms with van der Waals surface area (Å²) in [7, 11) is 0. The van der Waals surface area contributed by atoms with Crippen LogP contribution in [0.2, 0.25) is 5.02 Å². The molecule has 0 spiro atoms. The second-order valence-electron chi connectivity index (χ2n) is 6.06. The Morgan fingerprint density at radius 3 is 2.86 bits per heavy atom. The largest absolute Gasteiger partial charge is 0.471 e. The van der Waals surface area contributed by atoms with Crippen LogP contribution in [0, 0.1) is 5.82 Å². The number of fused-ring (bicyclic) bond motifs is 3. The van der Waals surface area contributed by atoms with Crippen molar-refractivity contribution >= 4 is 28.2 Å². The van der Waals surface area contributed by atoms with Gasteiger partial charge >= 0.3 is 0 Å². The highest BCUT2D eigenvalue weighted by atomic mass is 35.5.